The van der Waals surface area contributed by atoms with E-state index < -0.39 is 0 Å². The molecule has 0 radical (unpaired) electrons. The van der Waals surface area contributed by atoms with Crippen LogP contribution in [0.25, 0.3) is 0 Å². The molecule has 25 heavy (non-hydrogen) atoms. The van der Waals surface area contributed by atoms with Crippen molar-refractivity contribution in [1.82, 2.24) is 10.2 Å². The van der Waals surface area contributed by atoms with Gasteiger partial charge in [0, 0.05) is 62.8 Å². The summed E-state index contributed by atoms with van der Waals surface area (Å²) in [6, 6.07) is 7.06. The van der Waals surface area contributed by atoms with Crippen LogP contribution in [0.15, 0.2) is 24.3 Å². The maximum absolute atomic E-state index is 12.4. The van der Waals surface area contributed by atoms with Gasteiger partial charge in [-0.3, -0.25) is 14.9 Å². The fourth-order valence-corrected chi connectivity index (χ4v) is 4.12. The first kappa shape index (κ1) is 19.8. The Bertz CT molecular complexity index is 605. The van der Waals surface area contributed by atoms with Gasteiger partial charge in [-0.25, -0.2) is 0 Å². The summed E-state index contributed by atoms with van der Waals surface area (Å²) in [6.45, 7) is 3.45. The zero-order valence-electron chi connectivity index (χ0n) is 13.9. The summed E-state index contributed by atoms with van der Waals surface area (Å²) in [5.74, 6) is 2.28. The zero-order valence-corrected chi connectivity index (χ0v) is 15.6. The van der Waals surface area contributed by atoms with Crippen LogP contribution < -0.4 is 10.2 Å². The van der Waals surface area contributed by atoms with Crippen molar-refractivity contribution in [3.8, 4) is 0 Å². The molecule has 1 atom stereocenters. The molecule has 2 aliphatic heterocycles. The number of nitrogens with one attached hydrogen (secondary N) is 1. The topological polar surface area (TPSA) is 78.7 Å². The highest BCUT2D eigenvalue weighted by atomic mass is 35.5. The average Bonchev–Trinajstić information content (AvgIpc) is 2.62. The number of piperazine rings is 1. The Labute approximate surface area is 157 Å². The van der Waals surface area contributed by atoms with E-state index in [1.165, 1.54) is 6.07 Å². The number of para-hydroxylation sites is 2. The van der Waals surface area contributed by atoms with Gasteiger partial charge >= 0.3 is 0 Å². The van der Waals surface area contributed by atoms with Crippen molar-refractivity contribution in [2.24, 2.45) is 0 Å². The molecule has 1 aromatic rings. The van der Waals surface area contributed by atoms with Crippen LogP contribution in [0.3, 0.4) is 0 Å². The van der Waals surface area contributed by atoms with E-state index >= 15 is 0 Å². The number of halogens is 1. The number of nitro benzene ring substituents is 1. The first-order valence-corrected chi connectivity index (χ1v) is 9.38. The molecule has 9 heteroatoms. The lowest BCUT2D eigenvalue weighted by atomic mass is 10.1. The van der Waals surface area contributed by atoms with Gasteiger partial charge < -0.3 is 15.1 Å². The van der Waals surface area contributed by atoms with E-state index in [0.29, 0.717) is 38.3 Å². The van der Waals surface area contributed by atoms with Gasteiger partial charge in [0.15, 0.2) is 0 Å². The predicted molar refractivity (Wildman–Crippen MR) is 103 cm³/mol. The molecule has 138 valence electrons. The minimum Gasteiger partial charge on any atom is -0.362 e. The van der Waals surface area contributed by atoms with Gasteiger partial charge in [0.25, 0.3) is 5.69 Å². The van der Waals surface area contributed by atoms with Gasteiger partial charge in [-0.2, -0.15) is 11.8 Å². The molecule has 0 saturated carbocycles. The first-order chi connectivity index (χ1) is 11.6. The Hall–Kier alpha value is -1.51. The van der Waals surface area contributed by atoms with E-state index in [-0.39, 0.29) is 35.0 Å². The highest BCUT2D eigenvalue weighted by Crippen LogP contribution is 2.28. The number of rotatable bonds is 4. The smallest absolute Gasteiger partial charge is 0.292 e. The molecule has 2 aliphatic rings. The second kappa shape index (κ2) is 9.26. The fourth-order valence-electron chi connectivity index (χ4n) is 3.17. The number of hydrogen-bond donors (Lipinski definition) is 1. The third-order valence-electron chi connectivity index (χ3n) is 4.47. The number of anilines is 1. The molecule has 2 heterocycles. The quantitative estimate of drug-likeness (QED) is 0.627. The molecule has 0 spiro atoms. The molecule has 1 N–H and O–H groups in total. The summed E-state index contributed by atoms with van der Waals surface area (Å²) in [6.07, 6.45) is 0.540. The van der Waals surface area contributed by atoms with Crippen molar-refractivity contribution < 1.29 is 9.72 Å². The summed E-state index contributed by atoms with van der Waals surface area (Å²) in [5.41, 5.74) is 0.764. The molecule has 1 aromatic carbocycles. The number of thioether (sulfide) groups is 1. The number of nitro groups is 1. The molecule has 2 saturated heterocycles. The standard InChI is InChI=1S/C16H22N4O3S.ClH/c21-16(11-13-12-24-10-5-17-13)19-8-6-18(7-9-19)14-3-1-2-4-15(14)20(22)23;/h1-4,13,17H,5-12H2;1H. The second-order valence-electron chi connectivity index (χ2n) is 6.04. The van der Waals surface area contributed by atoms with Crippen LogP contribution in [0.2, 0.25) is 0 Å². The van der Waals surface area contributed by atoms with Gasteiger partial charge in [0.05, 0.1) is 4.92 Å². The minimum absolute atomic E-state index is 0. The van der Waals surface area contributed by atoms with Gasteiger partial charge in [0.1, 0.15) is 5.69 Å². The molecule has 7 nitrogen and oxygen atoms in total. The highest BCUT2D eigenvalue weighted by molar-refractivity contribution is 7.99. The lowest BCUT2D eigenvalue weighted by Crippen LogP contribution is -2.50. The summed E-state index contributed by atoms with van der Waals surface area (Å²) in [5, 5.41) is 14.6. The normalized spacial score (nSPS) is 20.7. The third kappa shape index (κ3) is 4.99. The molecule has 0 aromatic heterocycles. The minimum atomic E-state index is -0.348. The summed E-state index contributed by atoms with van der Waals surface area (Å²) in [4.78, 5) is 27.1. The van der Waals surface area contributed by atoms with E-state index in [1.807, 2.05) is 27.6 Å². The van der Waals surface area contributed by atoms with Crippen LogP contribution in [0.5, 0.6) is 0 Å². The van der Waals surface area contributed by atoms with Crippen LogP contribution in [0.1, 0.15) is 6.42 Å². The van der Waals surface area contributed by atoms with Crippen LogP contribution >= 0.6 is 24.2 Å². The number of carbonyl (C=O) groups is 1. The Morgan fingerprint density at radius 1 is 1.28 bits per heavy atom. The van der Waals surface area contributed by atoms with E-state index in [1.54, 1.807) is 12.1 Å². The SMILES string of the molecule is Cl.O=C(CC1CSCCN1)N1CCN(c2ccccc2[N+](=O)[O-])CC1. The molecule has 2 fully saturated rings. The number of amides is 1. The molecular weight excluding hydrogens is 364 g/mol. The molecule has 0 aliphatic carbocycles. The van der Waals surface area contributed by atoms with Crippen LogP contribution in [0, 0.1) is 10.1 Å². The Kier molecular flexibility index (Phi) is 7.34. The highest BCUT2D eigenvalue weighted by Gasteiger charge is 2.27. The number of nitrogens with zero attached hydrogens (tertiary/aromatic N) is 3. The van der Waals surface area contributed by atoms with Crippen molar-refractivity contribution in [3.05, 3.63) is 34.4 Å². The molecule has 0 bridgehead atoms. The molecule has 1 amide bonds. The number of carbonyl (C=O) groups excluding carboxylic acids is 1. The predicted octanol–water partition coefficient (Wildman–Crippen LogP) is 1.76. The van der Waals surface area contributed by atoms with E-state index in [9.17, 15) is 14.9 Å². The summed E-state index contributed by atoms with van der Waals surface area (Å²) < 4.78 is 0. The van der Waals surface area contributed by atoms with E-state index in [2.05, 4.69) is 5.32 Å². The van der Waals surface area contributed by atoms with Gasteiger partial charge in [-0.15, -0.1) is 12.4 Å². The monoisotopic (exact) mass is 386 g/mol. The lowest BCUT2D eigenvalue weighted by Gasteiger charge is -2.36. The van der Waals surface area contributed by atoms with Crippen molar-refractivity contribution >= 4 is 41.5 Å². The van der Waals surface area contributed by atoms with Crippen molar-refractivity contribution in [3.63, 3.8) is 0 Å². The molecule has 3 rings (SSSR count). The van der Waals surface area contributed by atoms with E-state index in [0.717, 1.165) is 18.1 Å². The maximum Gasteiger partial charge on any atom is 0.292 e. The van der Waals surface area contributed by atoms with Crippen molar-refractivity contribution in [2.45, 2.75) is 12.5 Å². The largest absolute Gasteiger partial charge is 0.362 e. The maximum atomic E-state index is 12.4. The van der Waals surface area contributed by atoms with Crippen molar-refractivity contribution in [1.29, 1.82) is 0 Å². The average molecular weight is 387 g/mol. The van der Waals surface area contributed by atoms with Crippen LogP contribution in [-0.2, 0) is 4.79 Å². The second-order valence-corrected chi connectivity index (χ2v) is 7.19. The van der Waals surface area contributed by atoms with Crippen molar-refractivity contribution in [2.75, 3.05) is 49.1 Å². The van der Waals surface area contributed by atoms with Gasteiger partial charge in [-0.05, 0) is 6.07 Å². The first-order valence-electron chi connectivity index (χ1n) is 8.22. The molecule has 1 unspecified atom stereocenters. The van der Waals surface area contributed by atoms with Crippen LogP contribution in [-0.4, -0.2) is 66.0 Å². The number of benzene rings is 1. The summed E-state index contributed by atoms with van der Waals surface area (Å²) in [7, 11) is 0. The number of hydrogen-bond acceptors (Lipinski definition) is 6. The van der Waals surface area contributed by atoms with Gasteiger partial charge in [-0.1, -0.05) is 12.1 Å². The Balaban J connectivity index is 0.00000225. The Morgan fingerprint density at radius 2 is 2.00 bits per heavy atom. The third-order valence-corrected chi connectivity index (χ3v) is 5.60. The lowest BCUT2D eigenvalue weighted by molar-refractivity contribution is -0.384. The molecular formula is C16H23ClN4O3S. The Morgan fingerprint density at radius 3 is 2.64 bits per heavy atom. The fraction of sp³-hybridized carbons (Fsp3) is 0.562. The van der Waals surface area contributed by atoms with Crippen LogP contribution in [0.4, 0.5) is 11.4 Å². The van der Waals surface area contributed by atoms with Gasteiger partial charge in [0.2, 0.25) is 5.91 Å². The van der Waals surface area contributed by atoms with E-state index in [4.69, 9.17) is 0 Å². The summed E-state index contributed by atoms with van der Waals surface area (Å²) >= 11 is 1.89. The zero-order chi connectivity index (χ0) is 16.9.